The second-order valence-corrected chi connectivity index (χ2v) is 8.05. The van der Waals surface area contributed by atoms with Crippen LogP contribution in [0, 0.1) is 6.92 Å². The zero-order valence-electron chi connectivity index (χ0n) is 17.7. The Morgan fingerprint density at radius 1 is 1.19 bits per heavy atom. The lowest BCUT2D eigenvalue weighted by molar-refractivity contribution is -0.116. The van der Waals surface area contributed by atoms with E-state index in [2.05, 4.69) is 20.4 Å². The summed E-state index contributed by atoms with van der Waals surface area (Å²) >= 11 is 1.36. The quantitative estimate of drug-likeness (QED) is 0.330. The lowest BCUT2D eigenvalue weighted by Gasteiger charge is -2.08. The summed E-state index contributed by atoms with van der Waals surface area (Å²) in [5.74, 6) is -0.209. The first-order chi connectivity index (χ1) is 15.4. The van der Waals surface area contributed by atoms with E-state index in [0.717, 1.165) is 5.56 Å². The lowest BCUT2D eigenvalue weighted by atomic mass is 10.1. The average Bonchev–Trinajstić information content (AvgIpc) is 3.08. The monoisotopic (exact) mass is 450 g/mol. The summed E-state index contributed by atoms with van der Waals surface area (Å²) in [6, 6.07) is 12.6. The first-order valence-corrected chi connectivity index (χ1v) is 11.2. The van der Waals surface area contributed by atoms with Crippen LogP contribution >= 0.6 is 11.8 Å². The number of anilines is 1. The number of carbonyl (C=O) groups excluding carboxylic acids is 1. The predicted molar refractivity (Wildman–Crippen MR) is 123 cm³/mol. The highest BCUT2D eigenvalue weighted by molar-refractivity contribution is 7.98. The molecule has 3 heterocycles. The van der Waals surface area contributed by atoms with E-state index in [1.165, 1.54) is 20.8 Å². The Morgan fingerprint density at radius 3 is 2.78 bits per heavy atom. The van der Waals surface area contributed by atoms with Crippen LogP contribution in [0.1, 0.15) is 23.2 Å². The fourth-order valence-electron chi connectivity index (χ4n) is 3.43. The molecule has 4 aromatic rings. The van der Waals surface area contributed by atoms with E-state index < -0.39 is 0 Å². The Hall–Kier alpha value is -3.66. The van der Waals surface area contributed by atoms with E-state index in [0.29, 0.717) is 34.2 Å². The molecule has 164 valence electrons. The minimum atomic E-state index is -0.225. The summed E-state index contributed by atoms with van der Waals surface area (Å²) in [7, 11) is 0. The van der Waals surface area contributed by atoms with Gasteiger partial charge in [-0.15, -0.1) is 5.10 Å². The molecule has 0 bridgehead atoms. The van der Waals surface area contributed by atoms with Crippen LogP contribution in [-0.4, -0.2) is 36.3 Å². The zero-order chi connectivity index (χ0) is 22.7. The SMILES string of the molecule is CSc1nc(C)c(CCC(=O)Nc2cccc(Cn3nc4ccccn4c3=O)c2)c(=O)[nH]1. The summed E-state index contributed by atoms with van der Waals surface area (Å²) in [5.41, 5.74) is 2.73. The minimum absolute atomic E-state index is 0.153. The van der Waals surface area contributed by atoms with Crippen LogP contribution in [0.5, 0.6) is 0 Å². The van der Waals surface area contributed by atoms with Crippen molar-refractivity contribution < 1.29 is 4.79 Å². The standard InChI is InChI=1S/C22H22N6O3S/c1-14-17(20(30)25-21(23-14)32-2)9-10-19(29)24-16-7-5-6-15(12-16)13-28-22(31)27-11-4-3-8-18(27)26-28/h3-8,11-12H,9-10,13H2,1-2H3,(H,24,29)(H,23,25,30). The average molecular weight is 451 g/mol. The van der Waals surface area contributed by atoms with Crippen molar-refractivity contribution in [1.82, 2.24) is 24.1 Å². The number of hydrogen-bond donors (Lipinski definition) is 2. The van der Waals surface area contributed by atoms with Gasteiger partial charge in [0.1, 0.15) is 0 Å². The van der Waals surface area contributed by atoms with Crippen molar-refractivity contribution in [3.8, 4) is 0 Å². The summed E-state index contributed by atoms with van der Waals surface area (Å²) in [4.78, 5) is 44.2. The molecule has 0 saturated heterocycles. The number of carbonyl (C=O) groups is 1. The molecule has 3 aromatic heterocycles. The van der Waals surface area contributed by atoms with Gasteiger partial charge in [0, 0.05) is 29.6 Å². The van der Waals surface area contributed by atoms with Crippen molar-refractivity contribution in [1.29, 1.82) is 0 Å². The predicted octanol–water partition coefficient (Wildman–Crippen LogP) is 2.23. The van der Waals surface area contributed by atoms with Crippen LogP contribution in [0.3, 0.4) is 0 Å². The zero-order valence-corrected chi connectivity index (χ0v) is 18.5. The molecule has 0 saturated carbocycles. The van der Waals surface area contributed by atoms with Crippen molar-refractivity contribution in [2.75, 3.05) is 11.6 Å². The molecule has 10 heteroatoms. The molecule has 4 rings (SSSR count). The van der Waals surface area contributed by atoms with Gasteiger partial charge in [0.2, 0.25) is 5.91 Å². The number of pyridine rings is 1. The van der Waals surface area contributed by atoms with Crippen molar-refractivity contribution in [2.24, 2.45) is 0 Å². The number of fused-ring (bicyclic) bond motifs is 1. The Kier molecular flexibility index (Phi) is 6.22. The topological polar surface area (TPSA) is 114 Å². The van der Waals surface area contributed by atoms with Gasteiger partial charge in [-0.05, 0) is 49.4 Å². The van der Waals surface area contributed by atoms with Crippen LogP contribution in [0.4, 0.5) is 5.69 Å². The number of H-pyrrole nitrogens is 1. The first-order valence-electron chi connectivity index (χ1n) is 10.0. The van der Waals surface area contributed by atoms with Crippen molar-refractivity contribution in [2.45, 2.75) is 31.5 Å². The number of amides is 1. The number of nitrogens with zero attached hydrogens (tertiary/aromatic N) is 4. The number of rotatable bonds is 7. The van der Waals surface area contributed by atoms with E-state index in [9.17, 15) is 14.4 Å². The van der Waals surface area contributed by atoms with Gasteiger partial charge >= 0.3 is 5.69 Å². The third-order valence-corrected chi connectivity index (χ3v) is 5.61. The molecule has 32 heavy (non-hydrogen) atoms. The largest absolute Gasteiger partial charge is 0.350 e. The molecule has 0 aliphatic rings. The van der Waals surface area contributed by atoms with E-state index in [-0.39, 0.29) is 30.1 Å². The third-order valence-electron chi connectivity index (χ3n) is 5.03. The Labute approximate surface area is 187 Å². The highest BCUT2D eigenvalue weighted by Gasteiger charge is 2.12. The summed E-state index contributed by atoms with van der Waals surface area (Å²) in [6.07, 6.45) is 3.96. The van der Waals surface area contributed by atoms with Gasteiger partial charge in [0.25, 0.3) is 5.56 Å². The number of aryl methyl sites for hydroxylation is 1. The van der Waals surface area contributed by atoms with E-state index in [1.807, 2.05) is 24.5 Å². The number of nitrogens with one attached hydrogen (secondary N) is 2. The fraction of sp³-hybridized carbons (Fsp3) is 0.227. The summed E-state index contributed by atoms with van der Waals surface area (Å²) < 4.78 is 2.87. The molecule has 0 spiro atoms. The summed E-state index contributed by atoms with van der Waals surface area (Å²) in [6.45, 7) is 2.05. The summed E-state index contributed by atoms with van der Waals surface area (Å²) in [5, 5.41) is 7.74. The van der Waals surface area contributed by atoms with Gasteiger partial charge in [-0.1, -0.05) is 30.0 Å². The van der Waals surface area contributed by atoms with Crippen molar-refractivity contribution in [3.63, 3.8) is 0 Å². The van der Waals surface area contributed by atoms with Crippen LogP contribution in [0.25, 0.3) is 5.65 Å². The molecular weight excluding hydrogens is 428 g/mol. The second-order valence-electron chi connectivity index (χ2n) is 7.26. The Bertz CT molecular complexity index is 1400. The minimum Gasteiger partial charge on any atom is -0.326 e. The lowest BCUT2D eigenvalue weighted by Crippen LogP contribution is -2.22. The van der Waals surface area contributed by atoms with Crippen LogP contribution in [0.15, 0.2) is 63.4 Å². The molecule has 9 nitrogen and oxygen atoms in total. The number of hydrogen-bond acceptors (Lipinski definition) is 6. The maximum atomic E-state index is 12.5. The maximum absolute atomic E-state index is 12.5. The normalized spacial score (nSPS) is 11.1. The highest BCUT2D eigenvalue weighted by atomic mass is 32.2. The molecule has 0 fully saturated rings. The van der Waals surface area contributed by atoms with Gasteiger partial charge in [-0.25, -0.2) is 14.5 Å². The van der Waals surface area contributed by atoms with Gasteiger partial charge in [0.05, 0.1) is 6.54 Å². The smallest absolute Gasteiger partial charge is 0.326 e. The molecule has 1 aromatic carbocycles. The molecule has 0 aliphatic heterocycles. The van der Waals surface area contributed by atoms with Gasteiger partial charge in [-0.3, -0.25) is 14.0 Å². The molecule has 2 N–H and O–H groups in total. The van der Waals surface area contributed by atoms with Gasteiger partial charge < -0.3 is 10.3 Å². The third kappa shape index (κ3) is 4.65. The number of aromatic nitrogens is 5. The second kappa shape index (κ2) is 9.23. The van der Waals surface area contributed by atoms with Gasteiger partial charge in [-0.2, -0.15) is 0 Å². The van der Waals surface area contributed by atoms with Crippen molar-refractivity contribution >= 4 is 29.0 Å². The number of benzene rings is 1. The number of aromatic amines is 1. The van der Waals surface area contributed by atoms with Crippen LogP contribution in [0.2, 0.25) is 0 Å². The number of thioether (sulfide) groups is 1. The van der Waals surface area contributed by atoms with E-state index in [1.54, 1.807) is 37.4 Å². The molecule has 0 atom stereocenters. The Morgan fingerprint density at radius 2 is 2.03 bits per heavy atom. The van der Waals surface area contributed by atoms with E-state index in [4.69, 9.17) is 0 Å². The molecule has 1 amide bonds. The van der Waals surface area contributed by atoms with Crippen LogP contribution < -0.4 is 16.6 Å². The molecule has 0 unspecified atom stereocenters. The fourth-order valence-corrected chi connectivity index (χ4v) is 3.85. The van der Waals surface area contributed by atoms with E-state index >= 15 is 0 Å². The Balaban J connectivity index is 1.42. The molecular formula is C22H22N6O3S. The van der Waals surface area contributed by atoms with Gasteiger partial charge in [0.15, 0.2) is 10.8 Å². The van der Waals surface area contributed by atoms with Crippen LogP contribution in [-0.2, 0) is 17.8 Å². The maximum Gasteiger partial charge on any atom is 0.350 e. The first kappa shape index (κ1) is 21.6. The molecule has 0 aliphatic carbocycles. The molecule has 0 radical (unpaired) electrons. The van der Waals surface area contributed by atoms with Crippen molar-refractivity contribution in [3.05, 3.63) is 86.3 Å². The highest BCUT2D eigenvalue weighted by Crippen LogP contribution is 2.13.